The number of hydrogen-bond acceptors (Lipinski definition) is 4. The third kappa shape index (κ3) is 3.39. The number of nitrogens with zero attached hydrogens (tertiary/aromatic N) is 1. The summed E-state index contributed by atoms with van der Waals surface area (Å²) < 4.78 is 5.16. The second kappa shape index (κ2) is 5.76. The zero-order chi connectivity index (χ0) is 12.8. The first kappa shape index (κ1) is 12.9. The van der Waals surface area contributed by atoms with Gasteiger partial charge in [0, 0.05) is 12.1 Å². The number of ether oxygens (including phenoxy) is 1. The molecule has 0 fully saturated rings. The molecule has 0 bridgehead atoms. The summed E-state index contributed by atoms with van der Waals surface area (Å²) in [7, 11) is 0. The average Bonchev–Trinajstić information content (AvgIpc) is 2.29. The zero-order valence-corrected chi connectivity index (χ0v) is 9.09. The van der Waals surface area contributed by atoms with Crippen LogP contribution in [-0.2, 0) is 11.3 Å². The fourth-order valence-corrected chi connectivity index (χ4v) is 1.29. The van der Waals surface area contributed by atoms with E-state index in [1.807, 2.05) is 0 Å². The molecule has 1 amide bonds. The van der Waals surface area contributed by atoms with Crippen LogP contribution >= 0.6 is 0 Å². The third-order valence-electron chi connectivity index (χ3n) is 2.06. The highest BCUT2D eigenvalue weighted by molar-refractivity contribution is 5.95. The number of hydrogen-bond donors (Lipinski definition) is 1. The van der Waals surface area contributed by atoms with Gasteiger partial charge in [-0.2, -0.15) is 0 Å². The Morgan fingerprint density at radius 1 is 1.59 bits per heavy atom. The Bertz CT molecular complexity index is 457. The Labute approximate surface area is 97.8 Å². The van der Waals surface area contributed by atoms with Crippen molar-refractivity contribution >= 4 is 11.6 Å². The van der Waals surface area contributed by atoms with Crippen molar-refractivity contribution in [3.8, 4) is 0 Å². The van der Waals surface area contributed by atoms with E-state index in [0.29, 0.717) is 12.2 Å². The molecule has 0 aliphatic rings. The summed E-state index contributed by atoms with van der Waals surface area (Å²) in [6.07, 6.45) is 1.56. The number of carbonyl (C=O) groups excluding carboxylic acids is 1. The fourth-order valence-electron chi connectivity index (χ4n) is 1.29. The van der Waals surface area contributed by atoms with Gasteiger partial charge in [0.1, 0.15) is 0 Å². The first-order valence-electron chi connectivity index (χ1n) is 4.82. The van der Waals surface area contributed by atoms with Crippen LogP contribution in [0.25, 0.3) is 0 Å². The molecule has 0 saturated heterocycles. The number of nitro groups is 1. The van der Waals surface area contributed by atoms with Crippen LogP contribution in [0.2, 0.25) is 0 Å². The summed E-state index contributed by atoms with van der Waals surface area (Å²) in [5.41, 5.74) is 5.59. The number of nitrogens with two attached hydrogens (primary N) is 1. The molecular weight excluding hydrogens is 224 g/mol. The van der Waals surface area contributed by atoms with Crippen LogP contribution in [-0.4, -0.2) is 17.4 Å². The molecule has 6 heteroatoms. The van der Waals surface area contributed by atoms with E-state index in [1.54, 1.807) is 6.08 Å². The molecule has 0 unspecified atom stereocenters. The first-order chi connectivity index (χ1) is 8.06. The minimum absolute atomic E-state index is 0.100. The Balaban J connectivity index is 3.00. The molecule has 1 aromatic carbocycles. The maximum Gasteiger partial charge on any atom is 0.270 e. The van der Waals surface area contributed by atoms with E-state index in [1.165, 1.54) is 12.1 Å². The summed E-state index contributed by atoms with van der Waals surface area (Å²) in [6.45, 7) is 3.96. The molecule has 0 heterocycles. The topological polar surface area (TPSA) is 95.5 Å². The summed E-state index contributed by atoms with van der Waals surface area (Å²) in [4.78, 5) is 21.1. The predicted molar refractivity (Wildman–Crippen MR) is 61.5 cm³/mol. The lowest BCUT2D eigenvalue weighted by atomic mass is 10.1. The fraction of sp³-hybridized carbons (Fsp3) is 0.182. The van der Waals surface area contributed by atoms with Gasteiger partial charge in [0.05, 0.1) is 23.7 Å². The Kier molecular flexibility index (Phi) is 4.36. The van der Waals surface area contributed by atoms with Gasteiger partial charge in [0.25, 0.3) is 5.69 Å². The van der Waals surface area contributed by atoms with Gasteiger partial charge in [-0.05, 0) is 11.6 Å². The molecule has 0 spiro atoms. The number of carbonyl (C=O) groups is 1. The van der Waals surface area contributed by atoms with E-state index < -0.39 is 10.8 Å². The highest BCUT2D eigenvalue weighted by Crippen LogP contribution is 2.18. The highest BCUT2D eigenvalue weighted by atomic mass is 16.6. The molecule has 1 aromatic rings. The van der Waals surface area contributed by atoms with Gasteiger partial charge in [0.15, 0.2) is 0 Å². The van der Waals surface area contributed by atoms with Crippen LogP contribution in [0.15, 0.2) is 30.9 Å². The predicted octanol–water partition coefficient (Wildman–Crippen LogP) is 1.40. The Morgan fingerprint density at radius 3 is 2.82 bits per heavy atom. The van der Waals surface area contributed by atoms with Crippen LogP contribution in [0.4, 0.5) is 5.69 Å². The minimum Gasteiger partial charge on any atom is -0.373 e. The maximum absolute atomic E-state index is 11.2. The average molecular weight is 236 g/mol. The summed E-state index contributed by atoms with van der Waals surface area (Å²) in [5.74, 6) is -0.717. The maximum atomic E-state index is 11.2. The van der Waals surface area contributed by atoms with E-state index >= 15 is 0 Å². The van der Waals surface area contributed by atoms with E-state index in [2.05, 4.69) is 6.58 Å². The van der Waals surface area contributed by atoms with Crippen LogP contribution in [0, 0.1) is 10.1 Å². The minimum atomic E-state index is -0.717. The SMILES string of the molecule is C=CCOCc1ccc([N+](=O)[O-])cc1C(N)=O. The second-order valence-corrected chi connectivity index (χ2v) is 3.27. The van der Waals surface area contributed by atoms with Gasteiger partial charge in [-0.3, -0.25) is 14.9 Å². The first-order valence-corrected chi connectivity index (χ1v) is 4.82. The number of benzene rings is 1. The van der Waals surface area contributed by atoms with Gasteiger partial charge in [0.2, 0.25) is 5.91 Å². The van der Waals surface area contributed by atoms with E-state index in [-0.39, 0.29) is 17.9 Å². The van der Waals surface area contributed by atoms with Crippen LogP contribution < -0.4 is 5.73 Å². The molecule has 0 aromatic heterocycles. The van der Waals surface area contributed by atoms with Crippen molar-refractivity contribution in [2.75, 3.05) is 6.61 Å². The Morgan fingerprint density at radius 2 is 2.29 bits per heavy atom. The molecule has 1 rings (SSSR count). The number of nitro benzene ring substituents is 1. The van der Waals surface area contributed by atoms with Crippen molar-refractivity contribution in [2.24, 2.45) is 5.73 Å². The van der Waals surface area contributed by atoms with Gasteiger partial charge in [-0.15, -0.1) is 6.58 Å². The van der Waals surface area contributed by atoms with Crippen molar-refractivity contribution in [3.63, 3.8) is 0 Å². The van der Waals surface area contributed by atoms with Crippen molar-refractivity contribution in [1.29, 1.82) is 0 Å². The van der Waals surface area contributed by atoms with Gasteiger partial charge >= 0.3 is 0 Å². The number of amides is 1. The van der Waals surface area contributed by atoms with E-state index in [4.69, 9.17) is 10.5 Å². The number of rotatable bonds is 6. The third-order valence-corrected chi connectivity index (χ3v) is 2.06. The second-order valence-electron chi connectivity index (χ2n) is 3.27. The van der Waals surface area contributed by atoms with E-state index in [0.717, 1.165) is 6.07 Å². The molecule has 0 aliphatic carbocycles. The normalized spacial score (nSPS) is 9.88. The molecule has 90 valence electrons. The van der Waals surface area contributed by atoms with E-state index in [9.17, 15) is 14.9 Å². The molecular formula is C11H12N2O4. The summed E-state index contributed by atoms with van der Waals surface area (Å²) in [5, 5.41) is 10.6. The highest BCUT2D eigenvalue weighted by Gasteiger charge is 2.14. The lowest BCUT2D eigenvalue weighted by Crippen LogP contribution is -2.14. The molecule has 0 atom stereocenters. The number of primary amides is 1. The largest absolute Gasteiger partial charge is 0.373 e. The standard InChI is InChI=1S/C11H12N2O4/c1-2-5-17-7-8-3-4-9(13(15)16)6-10(8)11(12)14/h2-4,6H,1,5,7H2,(H2,12,14). The van der Waals surface area contributed by atoms with Crippen LogP contribution in [0.3, 0.4) is 0 Å². The van der Waals surface area contributed by atoms with Crippen LogP contribution in [0.5, 0.6) is 0 Å². The zero-order valence-electron chi connectivity index (χ0n) is 9.09. The van der Waals surface area contributed by atoms with Crippen molar-refractivity contribution in [2.45, 2.75) is 6.61 Å². The molecule has 6 nitrogen and oxygen atoms in total. The molecule has 0 aliphatic heterocycles. The van der Waals surface area contributed by atoms with Crippen molar-refractivity contribution in [1.82, 2.24) is 0 Å². The lowest BCUT2D eigenvalue weighted by molar-refractivity contribution is -0.384. The van der Waals surface area contributed by atoms with Crippen LogP contribution in [0.1, 0.15) is 15.9 Å². The quantitative estimate of drug-likeness (QED) is 0.349. The van der Waals surface area contributed by atoms with Crippen molar-refractivity contribution < 1.29 is 14.5 Å². The summed E-state index contributed by atoms with van der Waals surface area (Å²) in [6, 6.07) is 3.91. The smallest absolute Gasteiger partial charge is 0.270 e. The Hall–Kier alpha value is -2.21. The summed E-state index contributed by atoms with van der Waals surface area (Å²) >= 11 is 0. The van der Waals surface area contributed by atoms with Gasteiger partial charge < -0.3 is 10.5 Å². The van der Waals surface area contributed by atoms with Crippen molar-refractivity contribution in [3.05, 3.63) is 52.1 Å². The van der Waals surface area contributed by atoms with Gasteiger partial charge in [-0.25, -0.2) is 0 Å². The molecule has 2 N–H and O–H groups in total. The van der Waals surface area contributed by atoms with Gasteiger partial charge in [-0.1, -0.05) is 6.08 Å². The molecule has 0 radical (unpaired) electrons. The monoisotopic (exact) mass is 236 g/mol. The number of non-ortho nitro benzene ring substituents is 1. The molecule has 17 heavy (non-hydrogen) atoms. The molecule has 0 saturated carbocycles. The lowest BCUT2D eigenvalue weighted by Gasteiger charge is -2.06.